The predicted octanol–water partition coefficient (Wildman–Crippen LogP) is 5.50. The number of nitrogens with zero attached hydrogens (tertiary/aromatic N) is 2. The quantitative estimate of drug-likeness (QED) is 0.625. The molecule has 0 atom stereocenters. The van der Waals surface area contributed by atoms with Gasteiger partial charge in [-0.25, -0.2) is 9.78 Å². The fraction of sp³-hybridized carbons (Fsp3) is 0.190. The normalized spacial score (nSPS) is 10.7. The summed E-state index contributed by atoms with van der Waals surface area (Å²) in [6, 6.07) is 14.2. The number of rotatable bonds is 6. The molecule has 1 heterocycles. The van der Waals surface area contributed by atoms with E-state index in [0.717, 1.165) is 47.5 Å². The molecule has 0 saturated heterocycles. The molecule has 0 radical (unpaired) electrons. The highest BCUT2D eigenvalue weighted by atomic mass is 35.5. The summed E-state index contributed by atoms with van der Waals surface area (Å²) in [5.74, 6) is -0.947. The third-order valence-electron chi connectivity index (χ3n) is 4.13. The van der Waals surface area contributed by atoms with Gasteiger partial charge in [-0.2, -0.15) is 0 Å². The third-order valence-corrected chi connectivity index (χ3v) is 4.38. The molecule has 2 aromatic carbocycles. The molecule has 5 heteroatoms. The number of hydrogen-bond donors (Lipinski definition) is 1. The Labute approximate surface area is 157 Å². The highest BCUT2D eigenvalue weighted by Crippen LogP contribution is 2.30. The van der Waals surface area contributed by atoms with Crippen molar-refractivity contribution in [3.05, 3.63) is 71.0 Å². The van der Waals surface area contributed by atoms with E-state index < -0.39 is 5.97 Å². The van der Waals surface area contributed by atoms with E-state index >= 15 is 0 Å². The van der Waals surface area contributed by atoms with Crippen molar-refractivity contribution in [3.8, 4) is 22.5 Å². The fourth-order valence-electron chi connectivity index (χ4n) is 2.69. The van der Waals surface area contributed by atoms with Gasteiger partial charge in [0, 0.05) is 22.3 Å². The maximum Gasteiger partial charge on any atom is 0.335 e. The van der Waals surface area contributed by atoms with E-state index in [1.165, 1.54) is 0 Å². The lowest BCUT2D eigenvalue weighted by molar-refractivity contribution is 0.0697. The number of carboxylic acid groups (broad SMARTS) is 1. The Morgan fingerprint density at radius 3 is 2.23 bits per heavy atom. The van der Waals surface area contributed by atoms with Crippen molar-refractivity contribution in [2.45, 2.75) is 26.2 Å². The first-order chi connectivity index (χ1) is 12.6. The van der Waals surface area contributed by atoms with Crippen LogP contribution in [-0.4, -0.2) is 21.0 Å². The van der Waals surface area contributed by atoms with Crippen molar-refractivity contribution in [2.24, 2.45) is 0 Å². The molecular formula is C21H19ClN2O2. The first-order valence-corrected chi connectivity index (χ1v) is 8.92. The topological polar surface area (TPSA) is 63.1 Å². The van der Waals surface area contributed by atoms with Gasteiger partial charge in [-0.1, -0.05) is 49.2 Å². The minimum Gasteiger partial charge on any atom is -0.478 e. The number of aryl methyl sites for hydroxylation is 1. The maximum absolute atomic E-state index is 11.1. The maximum atomic E-state index is 11.1. The van der Waals surface area contributed by atoms with E-state index in [-0.39, 0.29) is 5.56 Å². The summed E-state index contributed by atoms with van der Waals surface area (Å²) in [6.07, 6.45) is 4.81. The molecule has 0 amide bonds. The van der Waals surface area contributed by atoms with Crippen molar-refractivity contribution >= 4 is 17.6 Å². The molecule has 0 aliphatic heterocycles. The molecule has 4 nitrogen and oxygen atoms in total. The van der Waals surface area contributed by atoms with Crippen LogP contribution in [0.4, 0.5) is 0 Å². The molecule has 1 N–H and O–H groups in total. The van der Waals surface area contributed by atoms with E-state index in [1.54, 1.807) is 24.3 Å². The third kappa shape index (κ3) is 4.09. The minimum atomic E-state index is -0.947. The zero-order valence-corrected chi connectivity index (χ0v) is 15.2. The fourth-order valence-corrected chi connectivity index (χ4v) is 2.82. The highest BCUT2D eigenvalue weighted by molar-refractivity contribution is 6.30. The number of carbonyl (C=O) groups is 1. The summed E-state index contributed by atoms with van der Waals surface area (Å²) in [5, 5.41) is 9.77. The van der Waals surface area contributed by atoms with Crippen LogP contribution in [0, 0.1) is 0 Å². The second-order valence-electron chi connectivity index (χ2n) is 6.05. The largest absolute Gasteiger partial charge is 0.478 e. The van der Waals surface area contributed by atoms with Gasteiger partial charge in [0.1, 0.15) is 0 Å². The lowest BCUT2D eigenvalue weighted by atomic mass is 10.0. The van der Waals surface area contributed by atoms with Crippen LogP contribution < -0.4 is 0 Å². The van der Waals surface area contributed by atoms with E-state index in [0.29, 0.717) is 5.02 Å². The molecule has 0 aliphatic carbocycles. The Bertz CT molecular complexity index is 906. The summed E-state index contributed by atoms with van der Waals surface area (Å²) < 4.78 is 0. The van der Waals surface area contributed by atoms with Crippen molar-refractivity contribution in [3.63, 3.8) is 0 Å². The van der Waals surface area contributed by atoms with E-state index in [4.69, 9.17) is 21.7 Å². The number of carboxylic acids is 1. The minimum absolute atomic E-state index is 0.247. The molecular weight excluding hydrogens is 348 g/mol. The van der Waals surface area contributed by atoms with Crippen LogP contribution in [0.5, 0.6) is 0 Å². The van der Waals surface area contributed by atoms with Gasteiger partial charge in [0.2, 0.25) is 0 Å². The molecule has 26 heavy (non-hydrogen) atoms. The Hall–Kier alpha value is -2.72. The zero-order valence-electron chi connectivity index (χ0n) is 14.4. The van der Waals surface area contributed by atoms with Crippen molar-refractivity contribution in [1.29, 1.82) is 0 Å². The molecule has 0 aliphatic rings. The summed E-state index contributed by atoms with van der Waals surface area (Å²) in [7, 11) is 0. The van der Waals surface area contributed by atoms with Gasteiger partial charge in [0.15, 0.2) is 0 Å². The van der Waals surface area contributed by atoms with Crippen LogP contribution in [-0.2, 0) is 6.42 Å². The van der Waals surface area contributed by atoms with Gasteiger partial charge in [0.05, 0.1) is 22.6 Å². The van der Waals surface area contributed by atoms with Crippen LogP contribution >= 0.6 is 11.6 Å². The SMILES string of the molecule is CCCCc1cnc(-c2ccc(Cl)cc2)c(-c2ccc(C(=O)O)cc2)n1. The van der Waals surface area contributed by atoms with Crippen LogP contribution in [0.25, 0.3) is 22.5 Å². The van der Waals surface area contributed by atoms with Gasteiger partial charge >= 0.3 is 5.97 Å². The van der Waals surface area contributed by atoms with Crippen molar-refractivity contribution in [2.75, 3.05) is 0 Å². The number of benzene rings is 2. The molecule has 0 spiro atoms. The Morgan fingerprint density at radius 2 is 1.62 bits per heavy atom. The smallest absolute Gasteiger partial charge is 0.335 e. The molecule has 1 aromatic heterocycles. The molecule has 3 aromatic rings. The number of aromatic carboxylic acids is 1. The molecule has 0 saturated carbocycles. The van der Waals surface area contributed by atoms with E-state index in [2.05, 4.69) is 11.9 Å². The first kappa shape index (κ1) is 18.1. The highest BCUT2D eigenvalue weighted by Gasteiger charge is 2.13. The number of halogens is 1. The van der Waals surface area contributed by atoms with Gasteiger partial charge in [-0.15, -0.1) is 0 Å². The predicted molar refractivity (Wildman–Crippen MR) is 103 cm³/mol. The van der Waals surface area contributed by atoms with Gasteiger partial charge in [0.25, 0.3) is 0 Å². The summed E-state index contributed by atoms with van der Waals surface area (Å²) in [4.78, 5) is 20.6. The summed E-state index contributed by atoms with van der Waals surface area (Å²) in [5.41, 5.74) is 4.44. The Kier molecular flexibility index (Phi) is 5.64. The molecule has 0 fully saturated rings. The first-order valence-electron chi connectivity index (χ1n) is 8.54. The van der Waals surface area contributed by atoms with Crippen LogP contribution in [0.2, 0.25) is 5.02 Å². The van der Waals surface area contributed by atoms with Crippen molar-refractivity contribution < 1.29 is 9.90 Å². The van der Waals surface area contributed by atoms with Gasteiger partial charge < -0.3 is 5.11 Å². The van der Waals surface area contributed by atoms with Gasteiger partial charge in [-0.3, -0.25) is 4.98 Å². The molecule has 3 rings (SSSR count). The molecule has 0 unspecified atom stereocenters. The Morgan fingerprint density at radius 1 is 1.00 bits per heavy atom. The van der Waals surface area contributed by atoms with Crippen LogP contribution in [0.15, 0.2) is 54.7 Å². The average Bonchev–Trinajstić information content (AvgIpc) is 2.67. The zero-order chi connectivity index (χ0) is 18.5. The number of aromatic nitrogens is 2. The number of unbranched alkanes of at least 4 members (excludes halogenated alkanes) is 1. The monoisotopic (exact) mass is 366 g/mol. The summed E-state index contributed by atoms with van der Waals surface area (Å²) in [6.45, 7) is 2.14. The lowest BCUT2D eigenvalue weighted by Crippen LogP contribution is -2.00. The lowest BCUT2D eigenvalue weighted by Gasteiger charge is -2.11. The summed E-state index contributed by atoms with van der Waals surface area (Å²) >= 11 is 5.99. The molecule has 0 bridgehead atoms. The van der Waals surface area contributed by atoms with E-state index in [1.807, 2.05) is 30.5 Å². The molecule has 132 valence electrons. The van der Waals surface area contributed by atoms with Crippen LogP contribution in [0.3, 0.4) is 0 Å². The standard InChI is InChI=1S/C21H19ClN2O2/c1-2-3-4-18-13-23-19(14-9-11-17(22)12-10-14)20(24-18)15-5-7-16(8-6-15)21(25)26/h5-13H,2-4H2,1H3,(H,25,26). The Balaban J connectivity index is 2.08. The van der Waals surface area contributed by atoms with Crippen LogP contribution in [0.1, 0.15) is 35.8 Å². The van der Waals surface area contributed by atoms with Crippen molar-refractivity contribution in [1.82, 2.24) is 9.97 Å². The second-order valence-corrected chi connectivity index (χ2v) is 6.49. The second kappa shape index (κ2) is 8.11. The number of hydrogen-bond acceptors (Lipinski definition) is 3. The van der Waals surface area contributed by atoms with E-state index in [9.17, 15) is 4.79 Å². The average molecular weight is 367 g/mol. The van der Waals surface area contributed by atoms with Gasteiger partial charge in [-0.05, 0) is 37.1 Å².